The Morgan fingerprint density at radius 2 is 2.00 bits per heavy atom. The summed E-state index contributed by atoms with van der Waals surface area (Å²) in [6.45, 7) is 0. The van der Waals surface area contributed by atoms with Gasteiger partial charge < -0.3 is 10.3 Å². The number of anilines is 1. The molecule has 0 fully saturated rings. The Morgan fingerprint density at radius 3 is 2.41 bits per heavy atom. The number of alkyl halides is 3. The van der Waals surface area contributed by atoms with E-state index in [2.05, 4.69) is 10.1 Å². The van der Waals surface area contributed by atoms with Crippen molar-refractivity contribution in [1.29, 1.82) is 0 Å². The molecular weight excluding hydrogens is 350 g/mol. The minimum atomic E-state index is -4.40. The van der Waals surface area contributed by atoms with Gasteiger partial charge in [0.25, 0.3) is 0 Å². The smallest absolute Gasteiger partial charge is 0.380 e. The lowest BCUT2D eigenvalue weighted by Gasteiger charge is -2.05. The number of hydrogen-bond donors (Lipinski definition) is 1. The van der Waals surface area contributed by atoms with Gasteiger partial charge in [0, 0.05) is 6.20 Å². The summed E-state index contributed by atoms with van der Waals surface area (Å²) < 4.78 is 42.3. The van der Waals surface area contributed by atoms with Crippen molar-refractivity contribution in [3.05, 3.63) is 27.5 Å². The van der Waals surface area contributed by atoms with Crippen molar-refractivity contribution in [3.63, 3.8) is 0 Å². The van der Waals surface area contributed by atoms with Gasteiger partial charge in [-0.3, -0.25) is 4.98 Å². The van der Waals surface area contributed by atoms with Gasteiger partial charge in [0.15, 0.2) is 5.82 Å². The zero-order valence-corrected chi connectivity index (χ0v) is 10.3. The molecule has 0 spiro atoms. The Labute approximate surface area is 107 Å². The molecule has 0 saturated heterocycles. The largest absolute Gasteiger partial charge is 0.417 e. The summed E-state index contributed by atoms with van der Waals surface area (Å²) in [5.41, 5.74) is 4.90. The highest BCUT2D eigenvalue weighted by Gasteiger charge is 2.31. The van der Waals surface area contributed by atoms with Gasteiger partial charge in [0.1, 0.15) is 9.26 Å². The molecule has 17 heavy (non-hydrogen) atoms. The molecule has 0 bridgehead atoms. The molecule has 8 heteroatoms. The average Bonchev–Trinajstić information content (AvgIpc) is 2.59. The van der Waals surface area contributed by atoms with Crippen molar-refractivity contribution in [3.8, 4) is 11.5 Å². The normalized spacial score (nSPS) is 11.8. The zero-order valence-electron chi connectivity index (χ0n) is 8.12. The molecule has 2 rings (SSSR count). The van der Waals surface area contributed by atoms with Gasteiger partial charge in [-0.15, -0.1) is 0 Å². The van der Waals surface area contributed by atoms with E-state index >= 15 is 0 Å². The summed E-state index contributed by atoms with van der Waals surface area (Å²) in [4.78, 5) is 3.68. The van der Waals surface area contributed by atoms with Gasteiger partial charge in [-0.25, -0.2) is 0 Å². The van der Waals surface area contributed by atoms with Crippen LogP contribution in [0.25, 0.3) is 11.5 Å². The molecule has 2 aromatic heterocycles. The van der Waals surface area contributed by atoms with Gasteiger partial charge in [0.2, 0.25) is 5.76 Å². The fraction of sp³-hybridized carbons (Fsp3) is 0.111. The van der Waals surface area contributed by atoms with Crippen LogP contribution in [-0.4, -0.2) is 10.1 Å². The zero-order chi connectivity index (χ0) is 12.6. The lowest BCUT2D eigenvalue weighted by Crippen LogP contribution is -2.05. The SMILES string of the molecule is Nc1noc(-c2ccc(C(F)(F)F)cn2)c1I. The monoisotopic (exact) mass is 355 g/mol. The molecule has 0 atom stereocenters. The van der Waals surface area contributed by atoms with Gasteiger partial charge in [-0.1, -0.05) is 5.16 Å². The van der Waals surface area contributed by atoms with Crippen LogP contribution in [0.4, 0.5) is 19.0 Å². The Kier molecular flexibility index (Phi) is 2.98. The summed E-state index contributed by atoms with van der Waals surface area (Å²) in [5.74, 6) is 0.444. The number of nitrogens with zero attached hydrogens (tertiary/aromatic N) is 2. The van der Waals surface area contributed by atoms with Crippen LogP contribution in [0.3, 0.4) is 0 Å². The van der Waals surface area contributed by atoms with Crippen LogP contribution < -0.4 is 5.73 Å². The van der Waals surface area contributed by atoms with E-state index in [0.29, 0.717) is 3.57 Å². The molecule has 2 heterocycles. The number of nitrogens with two attached hydrogens (primary N) is 1. The third-order valence-corrected chi connectivity index (χ3v) is 3.03. The van der Waals surface area contributed by atoms with Crippen LogP contribution in [-0.2, 0) is 6.18 Å². The molecule has 0 radical (unpaired) electrons. The second-order valence-electron chi connectivity index (χ2n) is 3.14. The minimum Gasteiger partial charge on any atom is -0.380 e. The van der Waals surface area contributed by atoms with Crippen molar-refractivity contribution in [2.24, 2.45) is 0 Å². The fourth-order valence-corrected chi connectivity index (χ4v) is 1.62. The number of nitrogen functional groups attached to an aromatic ring is 1. The topological polar surface area (TPSA) is 64.9 Å². The predicted molar refractivity (Wildman–Crippen MR) is 61.9 cm³/mol. The van der Waals surface area contributed by atoms with E-state index in [1.807, 2.05) is 22.6 Å². The van der Waals surface area contributed by atoms with Crippen molar-refractivity contribution < 1.29 is 17.7 Å². The molecule has 2 N–H and O–H groups in total. The highest BCUT2D eigenvalue weighted by Crippen LogP contribution is 2.31. The summed E-state index contributed by atoms with van der Waals surface area (Å²) >= 11 is 1.88. The molecule has 0 aliphatic rings. The van der Waals surface area contributed by atoms with Crippen LogP contribution >= 0.6 is 22.6 Å². The highest BCUT2D eigenvalue weighted by molar-refractivity contribution is 14.1. The van der Waals surface area contributed by atoms with Crippen LogP contribution in [0.1, 0.15) is 5.56 Å². The number of aromatic nitrogens is 2. The van der Waals surface area contributed by atoms with Gasteiger partial charge >= 0.3 is 6.18 Å². The third-order valence-electron chi connectivity index (χ3n) is 1.98. The second kappa shape index (κ2) is 4.17. The summed E-state index contributed by atoms with van der Waals surface area (Å²) in [7, 11) is 0. The fourth-order valence-electron chi connectivity index (χ4n) is 1.15. The molecule has 0 saturated carbocycles. The van der Waals surface area contributed by atoms with E-state index in [4.69, 9.17) is 10.3 Å². The molecule has 90 valence electrons. The summed E-state index contributed by atoms with van der Waals surface area (Å²) in [5, 5.41) is 3.50. The Balaban J connectivity index is 2.40. The van der Waals surface area contributed by atoms with E-state index < -0.39 is 11.7 Å². The maximum atomic E-state index is 12.3. The van der Waals surface area contributed by atoms with Gasteiger partial charge in [0.05, 0.1) is 5.56 Å². The first-order valence-corrected chi connectivity index (χ1v) is 5.41. The summed E-state index contributed by atoms with van der Waals surface area (Å²) in [6, 6.07) is 2.14. The molecule has 0 amide bonds. The molecule has 4 nitrogen and oxygen atoms in total. The summed E-state index contributed by atoms with van der Waals surface area (Å²) in [6.07, 6.45) is -3.66. The lowest BCUT2D eigenvalue weighted by molar-refractivity contribution is -0.137. The number of halogens is 4. The molecule has 2 aromatic rings. The van der Waals surface area contributed by atoms with E-state index in [9.17, 15) is 13.2 Å². The van der Waals surface area contributed by atoms with Crippen molar-refractivity contribution in [1.82, 2.24) is 10.1 Å². The first-order valence-electron chi connectivity index (χ1n) is 4.34. The minimum absolute atomic E-state index is 0.183. The predicted octanol–water partition coefficient (Wildman–Crippen LogP) is 2.94. The lowest BCUT2D eigenvalue weighted by atomic mass is 10.2. The van der Waals surface area contributed by atoms with Crippen LogP contribution in [0.5, 0.6) is 0 Å². The Morgan fingerprint density at radius 1 is 1.29 bits per heavy atom. The molecular formula is C9H5F3IN3O. The van der Waals surface area contributed by atoms with Crippen LogP contribution in [0.2, 0.25) is 0 Å². The Hall–Kier alpha value is -1.32. The van der Waals surface area contributed by atoms with E-state index in [1.165, 1.54) is 6.07 Å². The van der Waals surface area contributed by atoms with E-state index in [0.717, 1.165) is 12.3 Å². The Bertz CT molecular complexity index is 535. The van der Waals surface area contributed by atoms with Crippen molar-refractivity contribution in [2.45, 2.75) is 6.18 Å². The second-order valence-corrected chi connectivity index (χ2v) is 4.22. The quantitative estimate of drug-likeness (QED) is 0.799. The standard InChI is InChI=1S/C9H5F3IN3O/c10-9(11,12)4-1-2-5(15-3-4)7-6(13)8(14)16-17-7/h1-3H,(H2,14,16). The van der Waals surface area contributed by atoms with E-state index in [-0.39, 0.29) is 17.3 Å². The number of pyridine rings is 1. The first-order chi connectivity index (χ1) is 7.89. The maximum Gasteiger partial charge on any atom is 0.417 e. The number of hydrogen-bond acceptors (Lipinski definition) is 4. The van der Waals surface area contributed by atoms with Gasteiger partial charge in [-0.2, -0.15) is 13.2 Å². The molecule has 0 aliphatic heterocycles. The van der Waals surface area contributed by atoms with Crippen LogP contribution in [0.15, 0.2) is 22.9 Å². The first kappa shape index (κ1) is 12.1. The van der Waals surface area contributed by atoms with Gasteiger partial charge in [-0.05, 0) is 34.7 Å². The van der Waals surface area contributed by atoms with Crippen molar-refractivity contribution >= 4 is 28.4 Å². The average molecular weight is 355 g/mol. The molecule has 0 aromatic carbocycles. The third kappa shape index (κ3) is 2.35. The van der Waals surface area contributed by atoms with E-state index in [1.54, 1.807) is 0 Å². The highest BCUT2D eigenvalue weighted by atomic mass is 127. The molecule has 0 unspecified atom stereocenters. The maximum absolute atomic E-state index is 12.3. The van der Waals surface area contributed by atoms with Crippen LogP contribution in [0, 0.1) is 3.57 Å². The number of rotatable bonds is 1. The van der Waals surface area contributed by atoms with Crippen molar-refractivity contribution in [2.75, 3.05) is 5.73 Å². The molecule has 0 aliphatic carbocycles.